The number of pyridine rings is 2. The van der Waals surface area contributed by atoms with E-state index in [4.69, 9.17) is 9.47 Å². The number of nitrogens with zero attached hydrogens (tertiary/aromatic N) is 4. The lowest BCUT2D eigenvalue weighted by Crippen LogP contribution is -2.44. The number of fused-ring (bicyclic) bond motifs is 1. The van der Waals surface area contributed by atoms with Gasteiger partial charge in [0.25, 0.3) is 5.56 Å². The van der Waals surface area contributed by atoms with Crippen LogP contribution >= 0.6 is 0 Å². The monoisotopic (exact) mass is 499 g/mol. The van der Waals surface area contributed by atoms with Crippen LogP contribution in [-0.2, 0) is 6.54 Å². The van der Waals surface area contributed by atoms with Crippen LogP contribution in [0.4, 0.5) is 17.2 Å². The second-order valence-corrected chi connectivity index (χ2v) is 9.30. The molecule has 0 radical (unpaired) electrons. The summed E-state index contributed by atoms with van der Waals surface area (Å²) in [6.07, 6.45) is 1.84. The van der Waals surface area contributed by atoms with Crippen molar-refractivity contribution >= 4 is 28.1 Å². The Morgan fingerprint density at radius 2 is 1.59 bits per heavy atom. The first-order chi connectivity index (χ1) is 18.0. The molecule has 4 aromatic rings. The first-order valence-electron chi connectivity index (χ1n) is 12.6. The van der Waals surface area contributed by atoms with E-state index in [2.05, 4.69) is 33.2 Å². The van der Waals surface area contributed by atoms with Crippen LogP contribution in [0.25, 0.3) is 22.0 Å². The molecule has 2 aromatic heterocycles. The molecule has 0 spiro atoms. The first kappa shape index (κ1) is 24.6. The summed E-state index contributed by atoms with van der Waals surface area (Å²) in [6.45, 7) is 6.53. The number of nitrogens with one attached hydrogen (secondary N) is 1. The van der Waals surface area contributed by atoms with Gasteiger partial charge < -0.3 is 29.2 Å². The number of benzene rings is 2. The lowest BCUT2D eigenvalue weighted by atomic mass is 10.0. The molecule has 8 heteroatoms. The molecular formula is C29H33N5O3. The van der Waals surface area contributed by atoms with Gasteiger partial charge in [-0.3, -0.25) is 4.79 Å². The topological polar surface area (TPSA) is 71.9 Å². The van der Waals surface area contributed by atoms with Gasteiger partial charge in [0, 0.05) is 68.0 Å². The normalized spacial score (nSPS) is 14.1. The highest BCUT2D eigenvalue weighted by Gasteiger charge is 2.16. The van der Waals surface area contributed by atoms with E-state index in [0.717, 1.165) is 59.8 Å². The fraction of sp³-hybridized carbons (Fsp3) is 0.310. The number of piperazine rings is 1. The van der Waals surface area contributed by atoms with Crippen molar-refractivity contribution in [2.45, 2.75) is 13.5 Å². The fourth-order valence-corrected chi connectivity index (χ4v) is 4.80. The quantitative estimate of drug-likeness (QED) is 0.399. The van der Waals surface area contributed by atoms with Crippen LogP contribution in [0.3, 0.4) is 0 Å². The average Bonchev–Trinajstić information content (AvgIpc) is 2.93. The number of hydrogen-bond donors (Lipinski definition) is 1. The molecule has 1 saturated heterocycles. The van der Waals surface area contributed by atoms with E-state index in [1.165, 1.54) is 0 Å². The van der Waals surface area contributed by atoms with E-state index in [1.54, 1.807) is 20.3 Å². The number of rotatable bonds is 7. The largest absolute Gasteiger partial charge is 0.497 e. The summed E-state index contributed by atoms with van der Waals surface area (Å²) in [7, 11) is 5.36. The molecule has 0 saturated carbocycles. The summed E-state index contributed by atoms with van der Waals surface area (Å²) in [5.74, 6) is 2.26. The minimum Gasteiger partial charge on any atom is -0.497 e. The van der Waals surface area contributed by atoms with E-state index in [-0.39, 0.29) is 5.56 Å². The predicted molar refractivity (Wildman–Crippen MR) is 150 cm³/mol. The lowest BCUT2D eigenvalue weighted by Gasteiger charge is -2.33. The van der Waals surface area contributed by atoms with Crippen LogP contribution in [0, 0.1) is 0 Å². The standard InChI is InChI=1S/C29H33N5O3/c1-5-34-27-17-22(31-23-8-9-30-28(18-23)33-12-10-32(2)11-13-33)7-6-20(27)16-26(29(34)35)21-14-24(36-3)19-25(15-21)37-4/h6-9,14-19H,5,10-13H2,1-4H3,(H,30,31). The zero-order valence-corrected chi connectivity index (χ0v) is 21.8. The lowest BCUT2D eigenvalue weighted by molar-refractivity contribution is 0.312. The molecule has 3 heterocycles. The molecule has 192 valence electrons. The van der Waals surface area contributed by atoms with Gasteiger partial charge in [-0.15, -0.1) is 0 Å². The van der Waals surface area contributed by atoms with Crippen molar-refractivity contribution in [3.63, 3.8) is 0 Å². The summed E-state index contributed by atoms with van der Waals surface area (Å²) < 4.78 is 12.6. The van der Waals surface area contributed by atoms with Gasteiger partial charge in [-0.2, -0.15) is 0 Å². The number of anilines is 3. The minimum absolute atomic E-state index is 0.0521. The van der Waals surface area contributed by atoms with E-state index < -0.39 is 0 Å². The van der Waals surface area contributed by atoms with Crippen LogP contribution in [-0.4, -0.2) is 61.9 Å². The minimum atomic E-state index is -0.0521. The molecule has 1 aliphatic heterocycles. The number of aryl methyl sites for hydroxylation is 1. The van der Waals surface area contributed by atoms with Gasteiger partial charge in [-0.05, 0) is 61.3 Å². The van der Waals surface area contributed by atoms with Crippen molar-refractivity contribution in [2.75, 3.05) is 57.7 Å². The fourth-order valence-electron chi connectivity index (χ4n) is 4.80. The molecule has 1 N–H and O–H groups in total. The van der Waals surface area contributed by atoms with Crippen molar-refractivity contribution in [1.82, 2.24) is 14.5 Å². The van der Waals surface area contributed by atoms with E-state index >= 15 is 0 Å². The molecule has 1 fully saturated rings. The second-order valence-electron chi connectivity index (χ2n) is 9.30. The first-order valence-corrected chi connectivity index (χ1v) is 12.6. The Bertz CT molecular complexity index is 1450. The highest BCUT2D eigenvalue weighted by Crippen LogP contribution is 2.31. The van der Waals surface area contributed by atoms with Crippen LogP contribution in [0.5, 0.6) is 11.5 Å². The number of hydrogen-bond acceptors (Lipinski definition) is 7. The Labute approximate surface area is 217 Å². The van der Waals surface area contributed by atoms with Crippen molar-refractivity contribution in [3.05, 3.63) is 71.1 Å². The molecule has 1 aliphatic rings. The maximum Gasteiger partial charge on any atom is 0.258 e. The van der Waals surface area contributed by atoms with Crippen LogP contribution in [0.15, 0.2) is 65.6 Å². The zero-order valence-electron chi connectivity index (χ0n) is 21.8. The van der Waals surface area contributed by atoms with Gasteiger partial charge in [0.1, 0.15) is 17.3 Å². The zero-order chi connectivity index (χ0) is 25.9. The summed E-state index contributed by atoms with van der Waals surface area (Å²) in [5, 5.41) is 4.49. The van der Waals surface area contributed by atoms with Gasteiger partial charge in [-0.1, -0.05) is 6.07 Å². The number of aromatic nitrogens is 2. The van der Waals surface area contributed by atoms with Gasteiger partial charge in [-0.25, -0.2) is 4.98 Å². The Hall–Kier alpha value is -4.04. The number of ether oxygens (including phenoxy) is 2. The molecule has 0 atom stereocenters. The van der Waals surface area contributed by atoms with Crippen molar-refractivity contribution < 1.29 is 9.47 Å². The van der Waals surface area contributed by atoms with Crippen LogP contribution in [0.2, 0.25) is 0 Å². The maximum absolute atomic E-state index is 13.6. The molecular weight excluding hydrogens is 466 g/mol. The van der Waals surface area contributed by atoms with E-state index in [1.807, 2.05) is 60.2 Å². The SMILES string of the molecule is CCn1c(=O)c(-c2cc(OC)cc(OC)c2)cc2ccc(Nc3ccnc(N4CCN(C)CC4)c3)cc21. The highest BCUT2D eigenvalue weighted by molar-refractivity contribution is 5.88. The van der Waals surface area contributed by atoms with Gasteiger partial charge in [0.05, 0.1) is 19.7 Å². The third-order valence-corrected chi connectivity index (χ3v) is 6.94. The third-order valence-electron chi connectivity index (χ3n) is 6.94. The molecule has 0 aliphatic carbocycles. The van der Waals surface area contributed by atoms with E-state index in [9.17, 15) is 4.79 Å². The van der Waals surface area contributed by atoms with E-state index in [0.29, 0.717) is 23.6 Å². The smallest absolute Gasteiger partial charge is 0.258 e. The van der Waals surface area contributed by atoms with Crippen molar-refractivity contribution in [1.29, 1.82) is 0 Å². The maximum atomic E-state index is 13.6. The third kappa shape index (κ3) is 5.11. The molecule has 37 heavy (non-hydrogen) atoms. The van der Waals surface area contributed by atoms with Gasteiger partial charge >= 0.3 is 0 Å². The van der Waals surface area contributed by atoms with Crippen LogP contribution < -0.4 is 25.2 Å². The number of likely N-dealkylation sites (N-methyl/N-ethyl adjacent to an activating group) is 1. The Morgan fingerprint density at radius 1 is 0.892 bits per heavy atom. The molecule has 0 bridgehead atoms. The molecule has 0 unspecified atom stereocenters. The van der Waals surface area contributed by atoms with Crippen LogP contribution in [0.1, 0.15) is 6.92 Å². The summed E-state index contributed by atoms with van der Waals surface area (Å²) in [4.78, 5) is 22.8. The Morgan fingerprint density at radius 3 is 2.27 bits per heavy atom. The van der Waals surface area contributed by atoms with Crippen molar-refractivity contribution in [3.8, 4) is 22.6 Å². The van der Waals surface area contributed by atoms with Gasteiger partial charge in [0.2, 0.25) is 0 Å². The Kier molecular flexibility index (Phi) is 7.01. The molecule has 8 nitrogen and oxygen atoms in total. The van der Waals surface area contributed by atoms with Crippen molar-refractivity contribution in [2.24, 2.45) is 0 Å². The summed E-state index contributed by atoms with van der Waals surface area (Å²) in [5.41, 5.74) is 4.08. The molecule has 2 aromatic carbocycles. The molecule has 0 amide bonds. The predicted octanol–water partition coefficient (Wildman–Crippen LogP) is 4.60. The Balaban J connectivity index is 1.49. The average molecular weight is 500 g/mol. The van der Waals surface area contributed by atoms with Gasteiger partial charge in [0.15, 0.2) is 0 Å². The second kappa shape index (κ2) is 10.5. The summed E-state index contributed by atoms with van der Waals surface area (Å²) >= 11 is 0. The molecule has 5 rings (SSSR count). The summed E-state index contributed by atoms with van der Waals surface area (Å²) in [6, 6.07) is 17.6. The number of methoxy groups -OCH3 is 2. The highest BCUT2D eigenvalue weighted by atomic mass is 16.5.